The number of rotatable bonds is 5. The van der Waals surface area contributed by atoms with Crippen molar-refractivity contribution in [3.8, 4) is 22.3 Å². The molecule has 0 heterocycles. The molecule has 0 aliphatic heterocycles. The second kappa shape index (κ2) is 7.00. The second-order valence-electron chi connectivity index (χ2n) is 5.52. The van der Waals surface area contributed by atoms with Crippen molar-refractivity contribution in [2.24, 2.45) is 0 Å². The van der Waals surface area contributed by atoms with E-state index in [1.807, 2.05) is 0 Å². The van der Waals surface area contributed by atoms with Gasteiger partial charge in [-0.1, -0.05) is 60.7 Å². The molecule has 134 valence electrons. The number of benzene rings is 3. The summed E-state index contributed by atoms with van der Waals surface area (Å²) in [5.41, 5.74) is -2.37. The fourth-order valence-electron chi connectivity index (χ4n) is 2.87. The Bertz CT molecular complexity index is 976. The van der Waals surface area contributed by atoms with Crippen LogP contribution in [0.4, 0.5) is 17.1 Å². The molecule has 0 atom stereocenters. The lowest BCUT2D eigenvalue weighted by molar-refractivity contribution is -0.440. The maximum Gasteiger partial charge on any atom is 0.423 e. The average molecular weight is 365 g/mol. The van der Waals surface area contributed by atoms with E-state index in [0.717, 1.165) is 0 Å². The Hall–Kier alpha value is -4.14. The Balaban J connectivity index is 2.52. The third kappa shape index (κ3) is 3.21. The number of hydrogen-bond acceptors (Lipinski definition) is 6. The first-order valence-electron chi connectivity index (χ1n) is 7.66. The van der Waals surface area contributed by atoms with Crippen molar-refractivity contribution >= 4 is 17.1 Å². The third-order valence-corrected chi connectivity index (χ3v) is 3.96. The Morgan fingerprint density at radius 3 is 1.15 bits per heavy atom. The maximum absolute atomic E-state index is 11.6. The van der Waals surface area contributed by atoms with E-state index in [-0.39, 0.29) is 11.1 Å². The van der Waals surface area contributed by atoms with Gasteiger partial charge in [-0.05, 0) is 17.2 Å². The highest BCUT2D eigenvalue weighted by Gasteiger charge is 2.42. The lowest BCUT2D eigenvalue weighted by atomic mass is 9.94. The quantitative estimate of drug-likeness (QED) is 0.474. The molecule has 0 radical (unpaired) electrons. The summed E-state index contributed by atoms with van der Waals surface area (Å²) in [6.07, 6.45) is 0. The van der Waals surface area contributed by atoms with E-state index in [4.69, 9.17) is 0 Å². The fraction of sp³-hybridized carbons (Fsp3) is 0. The van der Waals surface area contributed by atoms with E-state index in [1.54, 1.807) is 60.7 Å². The molecule has 0 unspecified atom stereocenters. The van der Waals surface area contributed by atoms with Crippen LogP contribution in [0.3, 0.4) is 0 Å². The van der Waals surface area contributed by atoms with Gasteiger partial charge >= 0.3 is 17.1 Å². The van der Waals surface area contributed by atoms with E-state index in [2.05, 4.69) is 0 Å². The molecule has 0 N–H and O–H groups in total. The van der Waals surface area contributed by atoms with Crippen LogP contribution in [0.1, 0.15) is 0 Å². The molecule has 0 spiro atoms. The summed E-state index contributed by atoms with van der Waals surface area (Å²) < 4.78 is 0. The van der Waals surface area contributed by atoms with Gasteiger partial charge in [0.25, 0.3) is 0 Å². The van der Waals surface area contributed by atoms with Crippen molar-refractivity contribution in [1.82, 2.24) is 0 Å². The minimum absolute atomic E-state index is 0.0586. The SMILES string of the molecule is O=[N+]([O-])c1c(-c2ccccc2)cc(-c2ccccc2)c([N+](=O)[O-])c1[N+](=O)[O-]. The molecule has 9 nitrogen and oxygen atoms in total. The molecule has 3 aromatic rings. The zero-order valence-corrected chi connectivity index (χ0v) is 13.6. The molecule has 0 aromatic heterocycles. The Morgan fingerprint density at radius 1 is 0.519 bits per heavy atom. The first kappa shape index (κ1) is 17.7. The van der Waals surface area contributed by atoms with Crippen LogP contribution in [0.15, 0.2) is 66.7 Å². The Morgan fingerprint density at radius 2 is 0.852 bits per heavy atom. The van der Waals surface area contributed by atoms with E-state index in [0.29, 0.717) is 11.1 Å². The third-order valence-electron chi connectivity index (χ3n) is 3.96. The number of nitro benzene ring substituents is 3. The van der Waals surface area contributed by atoms with Crippen molar-refractivity contribution in [3.63, 3.8) is 0 Å². The molecule has 9 heteroatoms. The highest BCUT2D eigenvalue weighted by atomic mass is 16.6. The first-order chi connectivity index (χ1) is 12.9. The summed E-state index contributed by atoms with van der Waals surface area (Å²) in [4.78, 5) is 31.9. The van der Waals surface area contributed by atoms with Gasteiger partial charge in [-0.25, -0.2) is 0 Å². The standard InChI is InChI=1S/C18H11N3O6/c22-19(23)16-14(12-7-3-1-4-8-12)11-15(13-9-5-2-6-10-13)17(20(24)25)18(16)21(26)27/h1-11H. The van der Waals surface area contributed by atoms with Gasteiger partial charge in [0.2, 0.25) is 0 Å². The summed E-state index contributed by atoms with van der Waals surface area (Å²) in [5.74, 6) is 0. The zero-order valence-electron chi connectivity index (χ0n) is 13.6. The first-order valence-corrected chi connectivity index (χ1v) is 7.66. The summed E-state index contributed by atoms with van der Waals surface area (Å²) in [7, 11) is 0. The molecule has 0 saturated carbocycles. The van der Waals surface area contributed by atoms with Crippen LogP contribution in [0.2, 0.25) is 0 Å². The van der Waals surface area contributed by atoms with Crippen molar-refractivity contribution < 1.29 is 14.8 Å². The molecule has 27 heavy (non-hydrogen) atoms. The molecule has 3 rings (SSSR count). The van der Waals surface area contributed by atoms with Gasteiger partial charge in [-0.2, -0.15) is 0 Å². The molecular formula is C18H11N3O6. The van der Waals surface area contributed by atoms with Gasteiger partial charge < -0.3 is 0 Å². The second-order valence-corrected chi connectivity index (χ2v) is 5.52. The lowest BCUT2D eigenvalue weighted by Gasteiger charge is -2.09. The molecule has 0 aliphatic rings. The largest absolute Gasteiger partial charge is 0.423 e. The van der Waals surface area contributed by atoms with Gasteiger partial charge in [0.15, 0.2) is 0 Å². The normalized spacial score (nSPS) is 10.4. The summed E-state index contributed by atoms with van der Waals surface area (Å²) >= 11 is 0. The Labute approximate surface area is 152 Å². The fourth-order valence-corrected chi connectivity index (χ4v) is 2.87. The minimum Gasteiger partial charge on any atom is -0.258 e. The topological polar surface area (TPSA) is 129 Å². The van der Waals surface area contributed by atoms with Crippen LogP contribution in [0.5, 0.6) is 0 Å². The van der Waals surface area contributed by atoms with E-state index < -0.39 is 31.8 Å². The smallest absolute Gasteiger partial charge is 0.258 e. The zero-order chi connectivity index (χ0) is 19.6. The number of nitrogens with zero attached hydrogens (tertiary/aromatic N) is 3. The van der Waals surface area contributed by atoms with Gasteiger partial charge in [0.1, 0.15) is 0 Å². The molecule has 0 saturated heterocycles. The van der Waals surface area contributed by atoms with Crippen LogP contribution in [0.25, 0.3) is 22.3 Å². The van der Waals surface area contributed by atoms with Crippen LogP contribution in [-0.4, -0.2) is 14.8 Å². The van der Waals surface area contributed by atoms with Gasteiger partial charge in [-0.3, -0.25) is 30.3 Å². The summed E-state index contributed by atoms with van der Waals surface area (Å²) in [6, 6.07) is 17.3. The van der Waals surface area contributed by atoms with E-state index >= 15 is 0 Å². The summed E-state index contributed by atoms with van der Waals surface area (Å²) in [6.45, 7) is 0. The molecule has 3 aromatic carbocycles. The Kier molecular flexibility index (Phi) is 4.58. The maximum atomic E-state index is 11.6. The van der Waals surface area contributed by atoms with Crippen LogP contribution < -0.4 is 0 Å². The molecule has 0 fully saturated rings. The van der Waals surface area contributed by atoms with Crippen molar-refractivity contribution in [2.45, 2.75) is 0 Å². The summed E-state index contributed by atoms with van der Waals surface area (Å²) in [5, 5.41) is 34.9. The minimum atomic E-state index is -1.13. The number of nitro groups is 3. The molecule has 0 aliphatic carbocycles. The van der Waals surface area contributed by atoms with Gasteiger partial charge in [0, 0.05) is 0 Å². The van der Waals surface area contributed by atoms with Crippen LogP contribution in [-0.2, 0) is 0 Å². The van der Waals surface area contributed by atoms with Crippen molar-refractivity contribution in [1.29, 1.82) is 0 Å². The lowest BCUT2D eigenvalue weighted by Crippen LogP contribution is -2.05. The molecule has 0 bridgehead atoms. The molecule has 0 amide bonds. The van der Waals surface area contributed by atoms with Crippen molar-refractivity contribution in [2.75, 3.05) is 0 Å². The predicted octanol–water partition coefficient (Wildman–Crippen LogP) is 4.75. The van der Waals surface area contributed by atoms with E-state index in [1.165, 1.54) is 6.07 Å². The van der Waals surface area contributed by atoms with E-state index in [9.17, 15) is 30.3 Å². The van der Waals surface area contributed by atoms with Crippen molar-refractivity contribution in [3.05, 3.63) is 97.1 Å². The number of hydrogen-bond donors (Lipinski definition) is 0. The molecular weight excluding hydrogens is 354 g/mol. The van der Waals surface area contributed by atoms with Gasteiger partial charge in [-0.15, -0.1) is 0 Å². The van der Waals surface area contributed by atoms with Crippen LogP contribution >= 0.6 is 0 Å². The highest BCUT2D eigenvalue weighted by Crippen LogP contribution is 2.48. The highest BCUT2D eigenvalue weighted by molar-refractivity contribution is 5.93. The predicted molar refractivity (Wildman–Crippen MR) is 97.3 cm³/mol. The van der Waals surface area contributed by atoms with Crippen LogP contribution in [0, 0.1) is 30.3 Å². The monoisotopic (exact) mass is 365 g/mol. The van der Waals surface area contributed by atoms with Gasteiger partial charge in [0.05, 0.1) is 25.9 Å². The average Bonchev–Trinajstić information content (AvgIpc) is 2.67.